The van der Waals surface area contributed by atoms with Gasteiger partial charge in [-0.3, -0.25) is 4.90 Å². The second-order valence-corrected chi connectivity index (χ2v) is 5.24. The van der Waals surface area contributed by atoms with E-state index >= 15 is 0 Å². The molecule has 0 spiro atoms. The van der Waals surface area contributed by atoms with Crippen molar-refractivity contribution < 1.29 is 9.90 Å². The molecule has 6 heteroatoms. The van der Waals surface area contributed by atoms with Crippen molar-refractivity contribution in [1.82, 2.24) is 9.88 Å². The van der Waals surface area contributed by atoms with Crippen molar-refractivity contribution in [1.29, 1.82) is 5.26 Å². The minimum atomic E-state index is -0.890. The van der Waals surface area contributed by atoms with E-state index in [1.54, 1.807) is 0 Å². The molecule has 0 bridgehead atoms. The van der Waals surface area contributed by atoms with E-state index in [1.165, 1.54) is 4.90 Å². The summed E-state index contributed by atoms with van der Waals surface area (Å²) >= 11 is 0. The fourth-order valence-corrected chi connectivity index (χ4v) is 2.69. The van der Waals surface area contributed by atoms with Gasteiger partial charge < -0.3 is 10.0 Å². The second-order valence-electron chi connectivity index (χ2n) is 5.24. The SMILES string of the molecule is Cc1ccc(N2C[C@@H](C)N(C(=O)O)[C@@H](C)C2)nc1C#N. The summed E-state index contributed by atoms with van der Waals surface area (Å²) in [4.78, 5) is 19.1. The summed E-state index contributed by atoms with van der Waals surface area (Å²) < 4.78 is 0. The van der Waals surface area contributed by atoms with Crippen LogP contribution >= 0.6 is 0 Å². The molecule has 0 aliphatic carbocycles. The Morgan fingerprint density at radius 3 is 2.50 bits per heavy atom. The number of nitriles is 1. The summed E-state index contributed by atoms with van der Waals surface area (Å²) in [5.74, 6) is 0.732. The number of pyridine rings is 1. The van der Waals surface area contributed by atoms with E-state index in [-0.39, 0.29) is 12.1 Å². The third kappa shape index (κ3) is 2.52. The summed E-state index contributed by atoms with van der Waals surface area (Å²) in [6.07, 6.45) is -0.890. The zero-order valence-electron chi connectivity index (χ0n) is 11.9. The van der Waals surface area contributed by atoms with Crippen LogP contribution in [0.5, 0.6) is 0 Å². The van der Waals surface area contributed by atoms with Crippen molar-refractivity contribution in [2.24, 2.45) is 0 Å². The van der Waals surface area contributed by atoms with Gasteiger partial charge in [0.2, 0.25) is 0 Å². The second kappa shape index (κ2) is 5.37. The molecule has 1 aromatic rings. The smallest absolute Gasteiger partial charge is 0.407 e. The molecule has 1 saturated heterocycles. The number of carbonyl (C=O) groups is 1. The lowest BCUT2D eigenvalue weighted by atomic mass is 10.1. The molecule has 2 atom stereocenters. The van der Waals surface area contributed by atoms with E-state index in [9.17, 15) is 9.90 Å². The van der Waals surface area contributed by atoms with Gasteiger partial charge in [0.05, 0.1) is 12.1 Å². The van der Waals surface area contributed by atoms with Gasteiger partial charge in [0.15, 0.2) is 0 Å². The molecule has 1 aromatic heterocycles. The van der Waals surface area contributed by atoms with Crippen molar-refractivity contribution in [2.45, 2.75) is 32.9 Å². The summed E-state index contributed by atoms with van der Waals surface area (Å²) in [5, 5.41) is 18.2. The van der Waals surface area contributed by atoms with Gasteiger partial charge in [-0.15, -0.1) is 0 Å². The zero-order valence-corrected chi connectivity index (χ0v) is 11.9. The van der Waals surface area contributed by atoms with E-state index in [2.05, 4.69) is 11.1 Å². The molecule has 0 aromatic carbocycles. The molecule has 106 valence electrons. The molecule has 0 radical (unpaired) electrons. The molecular formula is C14H18N4O2. The van der Waals surface area contributed by atoms with Gasteiger partial charge in [-0.2, -0.15) is 5.26 Å². The number of nitrogens with zero attached hydrogens (tertiary/aromatic N) is 4. The van der Waals surface area contributed by atoms with E-state index in [0.29, 0.717) is 18.8 Å². The fourth-order valence-electron chi connectivity index (χ4n) is 2.69. The number of anilines is 1. The highest BCUT2D eigenvalue weighted by Crippen LogP contribution is 2.22. The van der Waals surface area contributed by atoms with Crippen LogP contribution in [0, 0.1) is 18.3 Å². The molecule has 1 amide bonds. The number of hydrogen-bond donors (Lipinski definition) is 1. The van der Waals surface area contributed by atoms with Crippen LogP contribution in [0.15, 0.2) is 12.1 Å². The van der Waals surface area contributed by atoms with Crippen LogP contribution in [-0.4, -0.2) is 46.3 Å². The lowest BCUT2D eigenvalue weighted by Gasteiger charge is -2.43. The molecule has 2 heterocycles. The maximum atomic E-state index is 11.2. The number of hydrogen-bond acceptors (Lipinski definition) is 4. The number of aromatic nitrogens is 1. The largest absolute Gasteiger partial charge is 0.465 e. The van der Waals surface area contributed by atoms with Gasteiger partial charge in [-0.25, -0.2) is 9.78 Å². The lowest BCUT2D eigenvalue weighted by molar-refractivity contribution is 0.0981. The fraction of sp³-hybridized carbons (Fsp3) is 0.500. The normalized spacial score (nSPS) is 22.5. The first-order chi connectivity index (χ1) is 9.43. The Kier molecular flexibility index (Phi) is 3.79. The lowest BCUT2D eigenvalue weighted by Crippen LogP contribution is -2.58. The molecule has 1 N–H and O–H groups in total. The Morgan fingerprint density at radius 2 is 2.00 bits per heavy atom. The topological polar surface area (TPSA) is 80.5 Å². The van der Waals surface area contributed by atoms with E-state index < -0.39 is 6.09 Å². The summed E-state index contributed by atoms with van der Waals surface area (Å²) in [7, 11) is 0. The van der Waals surface area contributed by atoms with E-state index in [4.69, 9.17) is 5.26 Å². The highest BCUT2D eigenvalue weighted by molar-refractivity contribution is 5.66. The Hall–Kier alpha value is -2.29. The van der Waals surface area contributed by atoms with E-state index in [0.717, 1.165) is 11.4 Å². The third-order valence-electron chi connectivity index (χ3n) is 3.65. The number of rotatable bonds is 1. The quantitative estimate of drug-likeness (QED) is 0.845. The van der Waals surface area contributed by atoms with Crippen LogP contribution in [0.4, 0.5) is 10.6 Å². The van der Waals surface area contributed by atoms with Gasteiger partial charge in [0.25, 0.3) is 0 Å². The van der Waals surface area contributed by atoms with Gasteiger partial charge in [-0.05, 0) is 32.4 Å². The minimum Gasteiger partial charge on any atom is -0.465 e. The van der Waals surface area contributed by atoms with Crippen LogP contribution in [0.2, 0.25) is 0 Å². The zero-order chi connectivity index (χ0) is 14.9. The van der Waals surface area contributed by atoms with Crippen LogP contribution in [-0.2, 0) is 0 Å². The highest BCUT2D eigenvalue weighted by Gasteiger charge is 2.33. The van der Waals surface area contributed by atoms with Gasteiger partial charge in [0, 0.05) is 13.1 Å². The van der Waals surface area contributed by atoms with Gasteiger partial charge >= 0.3 is 6.09 Å². The predicted molar refractivity (Wildman–Crippen MR) is 74.7 cm³/mol. The predicted octanol–water partition coefficient (Wildman–Crippen LogP) is 1.84. The Bertz CT molecular complexity index is 555. The first-order valence-corrected chi connectivity index (χ1v) is 6.58. The van der Waals surface area contributed by atoms with Crippen molar-refractivity contribution in [3.8, 4) is 6.07 Å². The first-order valence-electron chi connectivity index (χ1n) is 6.58. The summed E-state index contributed by atoms with van der Waals surface area (Å²) in [5.41, 5.74) is 1.27. The van der Waals surface area contributed by atoms with Crippen LogP contribution in [0.1, 0.15) is 25.1 Å². The average molecular weight is 274 g/mol. The molecule has 0 saturated carbocycles. The number of carboxylic acid groups (broad SMARTS) is 1. The molecular weight excluding hydrogens is 256 g/mol. The van der Waals surface area contributed by atoms with E-state index in [1.807, 2.05) is 37.8 Å². The maximum Gasteiger partial charge on any atom is 0.407 e. The summed E-state index contributed by atoms with van der Waals surface area (Å²) in [6.45, 7) is 6.78. The van der Waals surface area contributed by atoms with Crippen molar-refractivity contribution in [3.05, 3.63) is 23.4 Å². The number of amides is 1. The molecule has 1 aliphatic rings. The highest BCUT2D eigenvalue weighted by atomic mass is 16.4. The first kappa shape index (κ1) is 14.1. The van der Waals surface area contributed by atoms with Gasteiger partial charge in [0.1, 0.15) is 17.6 Å². The number of aryl methyl sites for hydroxylation is 1. The van der Waals surface area contributed by atoms with Crippen molar-refractivity contribution in [3.63, 3.8) is 0 Å². The van der Waals surface area contributed by atoms with Crippen molar-refractivity contribution >= 4 is 11.9 Å². The minimum absolute atomic E-state index is 0.107. The van der Waals surface area contributed by atoms with Crippen LogP contribution in [0.3, 0.4) is 0 Å². The monoisotopic (exact) mass is 274 g/mol. The molecule has 2 rings (SSSR count). The third-order valence-corrected chi connectivity index (χ3v) is 3.65. The average Bonchev–Trinajstić information content (AvgIpc) is 2.37. The molecule has 1 aliphatic heterocycles. The Labute approximate surface area is 118 Å². The molecule has 6 nitrogen and oxygen atoms in total. The standard InChI is InChI=1S/C14H18N4O2/c1-9-4-5-13(16-12(9)6-15)17-7-10(2)18(14(19)20)11(3)8-17/h4-5,10-11H,7-8H2,1-3H3,(H,19,20)/t10-,11+. The van der Waals surface area contributed by atoms with Crippen LogP contribution < -0.4 is 4.90 Å². The Balaban J connectivity index is 2.24. The maximum absolute atomic E-state index is 11.2. The molecule has 1 fully saturated rings. The van der Waals surface area contributed by atoms with Crippen LogP contribution in [0.25, 0.3) is 0 Å². The molecule has 0 unspecified atom stereocenters. The summed E-state index contributed by atoms with van der Waals surface area (Å²) in [6, 6.07) is 5.62. The Morgan fingerprint density at radius 1 is 1.40 bits per heavy atom. The van der Waals surface area contributed by atoms with Crippen molar-refractivity contribution in [2.75, 3.05) is 18.0 Å². The number of piperazine rings is 1. The van der Waals surface area contributed by atoms with Gasteiger partial charge in [-0.1, -0.05) is 6.07 Å². The molecule has 20 heavy (non-hydrogen) atoms.